The minimum absolute atomic E-state index is 0. The molecule has 0 spiro atoms. The van der Waals surface area contributed by atoms with E-state index in [0.717, 1.165) is 48.9 Å². The molecule has 0 radical (unpaired) electrons. The van der Waals surface area contributed by atoms with Crippen LogP contribution in [0.3, 0.4) is 0 Å². The first kappa shape index (κ1) is 19.5. The molecular weight excluding hydrogens is 431 g/mol. The molecule has 2 aromatic rings. The van der Waals surface area contributed by atoms with Gasteiger partial charge in [-0.15, -0.1) is 34.2 Å². The largest absolute Gasteiger partial charge is 0.496 e. The van der Waals surface area contributed by atoms with E-state index in [1.165, 1.54) is 0 Å². The predicted molar refractivity (Wildman–Crippen MR) is 108 cm³/mol. The van der Waals surface area contributed by atoms with Crippen LogP contribution in [0.2, 0.25) is 0 Å². The van der Waals surface area contributed by atoms with Gasteiger partial charge in [0.1, 0.15) is 17.4 Å². The summed E-state index contributed by atoms with van der Waals surface area (Å²) < 4.78 is 7.52. The topological polar surface area (TPSA) is 90.3 Å². The van der Waals surface area contributed by atoms with Crippen LogP contribution in [-0.4, -0.2) is 34.4 Å². The van der Waals surface area contributed by atoms with Gasteiger partial charge in [-0.25, -0.2) is 4.99 Å². The molecule has 0 aliphatic carbocycles. The highest BCUT2D eigenvalue weighted by Gasteiger charge is 2.21. The van der Waals surface area contributed by atoms with Crippen molar-refractivity contribution in [1.82, 2.24) is 20.1 Å². The van der Waals surface area contributed by atoms with Crippen molar-refractivity contribution in [2.24, 2.45) is 16.6 Å². The number of ether oxygens (including phenoxy) is 1. The van der Waals surface area contributed by atoms with E-state index >= 15 is 0 Å². The number of hydrogen-bond donors (Lipinski definition) is 2. The second-order valence-electron chi connectivity index (χ2n) is 6.07. The summed E-state index contributed by atoms with van der Waals surface area (Å²) in [4.78, 5) is 4.41. The van der Waals surface area contributed by atoms with Gasteiger partial charge in [0.2, 0.25) is 0 Å². The van der Waals surface area contributed by atoms with Crippen molar-refractivity contribution in [3.8, 4) is 5.75 Å². The van der Waals surface area contributed by atoms with E-state index in [2.05, 4.69) is 25.1 Å². The number of guanidine groups is 1. The summed E-state index contributed by atoms with van der Waals surface area (Å²) in [6, 6.07) is 7.83. The van der Waals surface area contributed by atoms with E-state index in [1.54, 1.807) is 7.11 Å². The molecule has 1 aliphatic heterocycles. The normalized spacial score (nSPS) is 16.7. The third-order valence-corrected chi connectivity index (χ3v) is 4.41. The summed E-state index contributed by atoms with van der Waals surface area (Å²) in [6.07, 6.45) is 2.05. The Balaban J connectivity index is 0.00000225. The molecule has 8 heteroatoms. The number of aryl methyl sites for hydroxylation is 2. The lowest BCUT2D eigenvalue weighted by molar-refractivity contribution is 0.359. The molecule has 0 saturated heterocycles. The molecule has 1 unspecified atom stereocenters. The predicted octanol–water partition coefficient (Wildman–Crippen LogP) is 1.88. The second-order valence-corrected chi connectivity index (χ2v) is 6.07. The van der Waals surface area contributed by atoms with Gasteiger partial charge in [-0.05, 0) is 25.3 Å². The average molecular weight is 456 g/mol. The van der Waals surface area contributed by atoms with Crippen molar-refractivity contribution in [2.75, 3.05) is 13.7 Å². The smallest absolute Gasteiger partial charge is 0.188 e. The molecule has 7 nitrogen and oxygen atoms in total. The van der Waals surface area contributed by atoms with E-state index in [-0.39, 0.29) is 24.0 Å². The fourth-order valence-corrected chi connectivity index (χ4v) is 3.01. The number of benzene rings is 1. The molecule has 3 rings (SSSR count). The number of methoxy groups -OCH3 is 1. The third-order valence-electron chi connectivity index (χ3n) is 4.41. The molecule has 136 valence electrons. The number of fused-ring (bicyclic) bond motifs is 1. The SMILES string of the molecule is COc1ccccc1CN=C(N)NCC1CCc2nnc(C)n2C1.I. The molecule has 0 saturated carbocycles. The second kappa shape index (κ2) is 9.02. The molecule has 1 atom stereocenters. The van der Waals surface area contributed by atoms with Crippen LogP contribution >= 0.6 is 24.0 Å². The van der Waals surface area contributed by atoms with Gasteiger partial charge in [0, 0.05) is 25.1 Å². The minimum Gasteiger partial charge on any atom is -0.496 e. The number of halogens is 1. The number of nitrogens with one attached hydrogen (secondary N) is 1. The van der Waals surface area contributed by atoms with Gasteiger partial charge in [0.15, 0.2) is 5.96 Å². The highest BCUT2D eigenvalue weighted by molar-refractivity contribution is 14.0. The molecule has 0 amide bonds. The lowest BCUT2D eigenvalue weighted by Gasteiger charge is -2.24. The Morgan fingerprint density at radius 2 is 2.20 bits per heavy atom. The van der Waals surface area contributed by atoms with Crippen LogP contribution in [0.15, 0.2) is 29.3 Å². The highest BCUT2D eigenvalue weighted by atomic mass is 127. The van der Waals surface area contributed by atoms with Crippen LogP contribution in [-0.2, 0) is 19.5 Å². The van der Waals surface area contributed by atoms with Gasteiger partial charge in [-0.2, -0.15) is 0 Å². The van der Waals surface area contributed by atoms with Gasteiger partial charge in [0.05, 0.1) is 13.7 Å². The molecule has 1 aromatic heterocycles. The van der Waals surface area contributed by atoms with Crippen LogP contribution in [0.1, 0.15) is 23.6 Å². The van der Waals surface area contributed by atoms with Crippen molar-refractivity contribution in [3.63, 3.8) is 0 Å². The summed E-state index contributed by atoms with van der Waals surface area (Å²) in [7, 11) is 1.66. The molecule has 3 N–H and O–H groups in total. The number of rotatable bonds is 5. The molecule has 0 fully saturated rings. The standard InChI is InChI=1S/C17H24N6O.HI/c1-12-21-22-16-8-7-13(11-23(12)16)9-19-17(18)20-10-14-5-3-4-6-15(14)24-2;/h3-6,13H,7-11H2,1-2H3,(H3,18,19,20);1H. The number of nitrogens with zero attached hydrogens (tertiary/aromatic N) is 4. The Bertz CT molecular complexity index is 730. The van der Waals surface area contributed by atoms with E-state index in [1.807, 2.05) is 31.2 Å². The molecule has 2 heterocycles. The van der Waals surface area contributed by atoms with Crippen molar-refractivity contribution >= 4 is 29.9 Å². The van der Waals surface area contributed by atoms with Gasteiger partial charge in [-0.1, -0.05) is 18.2 Å². The summed E-state index contributed by atoms with van der Waals surface area (Å²) in [6.45, 7) is 4.23. The molecule has 0 bridgehead atoms. The van der Waals surface area contributed by atoms with Crippen molar-refractivity contribution in [3.05, 3.63) is 41.5 Å². The Kier molecular flexibility index (Phi) is 7.03. The Labute approximate surface area is 165 Å². The molecular formula is C17H25IN6O. The number of nitrogens with two attached hydrogens (primary N) is 1. The Morgan fingerprint density at radius 1 is 1.40 bits per heavy atom. The van der Waals surface area contributed by atoms with Crippen LogP contribution in [0.4, 0.5) is 0 Å². The fraction of sp³-hybridized carbons (Fsp3) is 0.471. The first-order valence-corrected chi connectivity index (χ1v) is 8.21. The maximum Gasteiger partial charge on any atom is 0.188 e. The summed E-state index contributed by atoms with van der Waals surface area (Å²) in [5.74, 6) is 3.87. The number of aromatic nitrogens is 3. The summed E-state index contributed by atoms with van der Waals surface area (Å²) in [5, 5.41) is 11.6. The van der Waals surface area contributed by atoms with E-state index in [9.17, 15) is 0 Å². The first-order valence-electron chi connectivity index (χ1n) is 8.21. The van der Waals surface area contributed by atoms with Gasteiger partial charge in [0.25, 0.3) is 0 Å². The molecule has 1 aromatic carbocycles. The quantitative estimate of drug-likeness (QED) is 0.408. The Hall–Kier alpha value is -1.84. The average Bonchev–Trinajstić information content (AvgIpc) is 2.99. The maximum atomic E-state index is 6.00. The van der Waals surface area contributed by atoms with Gasteiger partial charge >= 0.3 is 0 Å². The first-order chi connectivity index (χ1) is 11.7. The third kappa shape index (κ3) is 4.83. The number of aliphatic imine (C=N–C) groups is 1. The van der Waals surface area contributed by atoms with Crippen LogP contribution < -0.4 is 15.8 Å². The van der Waals surface area contributed by atoms with E-state index in [0.29, 0.717) is 18.4 Å². The molecule has 1 aliphatic rings. The zero-order valence-corrected chi connectivity index (χ0v) is 16.9. The molecule has 25 heavy (non-hydrogen) atoms. The summed E-state index contributed by atoms with van der Waals surface area (Å²) in [5.41, 5.74) is 7.02. The van der Waals surface area contributed by atoms with Gasteiger partial charge in [-0.3, -0.25) is 0 Å². The Morgan fingerprint density at radius 3 is 3.00 bits per heavy atom. The zero-order chi connectivity index (χ0) is 16.9. The van der Waals surface area contributed by atoms with Gasteiger partial charge < -0.3 is 20.4 Å². The summed E-state index contributed by atoms with van der Waals surface area (Å²) >= 11 is 0. The highest BCUT2D eigenvalue weighted by Crippen LogP contribution is 2.19. The lowest BCUT2D eigenvalue weighted by Crippen LogP contribution is -2.38. The monoisotopic (exact) mass is 456 g/mol. The maximum absolute atomic E-state index is 6.00. The number of hydrogen-bond acceptors (Lipinski definition) is 4. The van der Waals surface area contributed by atoms with Crippen LogP contribution in [0.5, 0.6) is 5.75 Å². The fourth-order valence-electron chi connectivity index (χ4n) is 3.01. The van der Waals surface area contributed by atoms with Crippen molar-refractivity contribution in [2.45, 2.75) is 32.9 Å². The van der Waals surface area contributed by atoms with E-state index in [4.69, 9.17) is 10.5 Å². The van der Waals surface area contributed by atoms with Crippen LogP contribution in [0.25, 0.3) is 0 Å². The van der Waals surface area contributed by atoms with Crippen molar-refractivity contribution < 1.29 is 4.74 Å². The minimum atomic E-state index is 0. The zero-order valence-electron chi connectivity index (χ0n) is 14.6. The van der Waals surface area contributed by atoms with Crippen LogP contribution in [0, 0.1) is 12.8 Å². The number of para-hydroxylation sites is 1. The van der Waals surface area contributed by atoms with Crippen molar-refractivity contribution in [1.29, 1.82) is 0 Å². The van der Waals surface area contributed by atoms with E-state index < -0.39 is 0 Å². The lowest BCUT2D eigenvalue weighted by atomic mass is 9.99.